The molecule has 0 saturated carbocycles. The molecular weight excluding hydrogens is 509 g/mol. The number of carbonyl (C=O) groups is 2. The number of likely N-dealkylation sites (tertiary alicyclic amines) is 1. The zero-order chi connectivity index (χ0) is 26.5. The Kier molecular flexibility index (Phi) is 9.66. The average molecular weight is 545 g/mol. The van der Waals surface area contributed by atoms with Crippen molar-refractivity contribution >= 4 is 40.8 Å². The molecule has 1 atom stereocenters. The van der Waals surface area contributed by atoms with Gasteiger partial charge < -0.3 is 19.3 Å². The van der Waals surface area contributed by atoms with Crippen LogP contribution in [0.2, 0.25) is 0 Å². The third-order valence-corrected chi connectivity index (χ3v) is 9.34. The van der Waals surface area contributed by atoms with Crippen LogP contribution in [0.5, 0.6) is 0 Å². The molecule has 36 heavy (non-hydrogen) atoms. The number of rotatable bonds is 12. The second-order valence-corrected chi connectivity index (χ2v) is 12.4. The van der Waals surface area contributed by atoms with Gasteiger partial charge in [0.15, 0.2) is 0 Å². The van der Waals surface area contributed by atoms with Gasteiger partial charge in [-0.1, -0.05) is 19.9 Å². The van der Waals surface area contributed by atoms with E-state index < -0.39 is 30.8 Å². The van der Waals surface area contributed by atoms with E-state index >= 15 is 8.78 Å². The number of hydrogen-bond donors (Lipinski definition) is 1. The molecular formula is C25H35F2N2O5PS. The van der Waals surface area contributed by atoms with E-state index in [4.69, 9.17) is 9.05 Å². The Morgan fingerprint density at radius 1 is 1.11 bits per heavy atom. The molecule has 0 unspecified atom stereocenters. The highest BCUT2D eigenvalue weighted by molar-refractivity contribution is 7.54. The minimum atomic E-state index is -4.74. The molecule has 11 heteroatoms. The van der Waals surface area contributed by atoms with Crippen molar-refractivity contribution in [3.8, 4) is 0 Å². The van der Waals surface area contributed by atoms with Crippen LogP contribution in [-0.2, 0) is 24.1 Å². The largest absolute Gasteiger partial charge is 0.404 e. The molecule has 0 spiro atoms. The van der Waals surface area contributed by atoms with Crippen molar-refractivity contribution < 1.29 is 32.0 Å². The van der Waals surface area contributed by atoms with E-state index in [-0.39, 0.29) is 19.1 Å². The van der Waals surface area contributed by atoms with Crippen LogP contribution in [0, 0.1) is 5.92 Å². The first-order valence-corrected chi connectivity index (χ1v) is 14.8. The Labute approximate surface area is 215 Å². The predicted octanol–water partition coefficient (Wildman–Crippen LogP) is 6.37. The number of nitrogens with one attached hydrogen (secondary N) is 1. The number of alkyl halides is 2. The van der Waals surface area contributed by atoms with Crippen LogP contribution in [0.3, 0.4) is 0 Å². The van der Waals surface area contributed by atoms with Crippen LogP contribution in [0.1, 0.15) is 68.6 Å². The van der Waals surface area contributed by atoms with Gasteiger partial charge in [0.2, 0.25) is 5.91 Å². The Hall–Kier alpha value is -1.87. The smallest absolute Gasteiger partial charge is 0.341 e. The molecule has 1 N–H and O–H groups in total. The van der Waals surface area contributed by atoms with Crippen LogP contribution >= 0.6 is 18.9 Å². The van der Waals surface area contributed by atoms with Gasteiger partial charge in [0.05, 0.1) is 18.1 Å². The lowest BCUT2D eigenvalue weighted by atomic mass is 10.0. The van der Waals surface area contributed by atoms with Gasteiger partial charge >= 0.3 is 13.3 Å². The maximum absolute atomic E-state index is 15.2. The van der Waals surface area contributed by atoms with Gasteiger partial charge in [0.1, 0.15) is 6.04 Å². The summed E-state index contributed by atoms with van der Waals surface area (Å²) in [6.45, 7) is 8.08. The second kappa shape index (κ2) is 12.1. The molecule has 2 heterocycles. The molecule has 3 rings (SSSR count). The van der Waals surface area contributed by atoms with Crippen molar-refractivity contribution in [3.63, 3.8) is 0 Å². The fourth-order valence-corrected chi connectivity index (χ4v) is 6.66. The minimum absolute atomic E-state index is 0.0767. The highest BCUT2D eigenvalue weighted by Gasteiger charge is 2.54. The van der Waals surface area contributed by atoms with Gasteiger partial charge in [0.25, 0.3) is 5.91 Å². The Morgan fingerprint density at radius 2 is 1.75 bits per heavy atom. The van der Waals surface area contributed by atoms with Crippen LogP contribution < -0.4 is 5.32 Å². The molecule has 1 aliphatic heterocycles. The van der Waals surface area contributed by atoms with Crippen LogP contribution in [0.15, 0.2) is 24.3 Å². The van der Waals surface area contributed by atoms with Crippen LogP contribution in [0.4, 0.5) is 8.78 Å². The summed E-state index contributed by atoms with van der Waals surface area (Å²) in [6, 6.07) is 4.73. The molecule has 0 aliphatic carbocycles. The van der Waals surface area contributed by atoms with Crippen molar-refractivity contribution in [1.29, 1.82) is 0 Å². The van der Waals surface area contributed by atoms with E-state index in [2.05, 4.69) is 19.2 Å². The molecule has 200 valence electrons. The van der Waals surface area contributed by atoms with Crippen LogP contribution in [-0.4, -0.2) is 49.1 Å². The summed E-state index contributed by atoms with van der Waals surface area (Å²) < 4.78 is 53.6. The van der Waals surface area contributed by atoms with E-state index in [9.17, 15) is 14.2 Å². The third kappa shape index (κ3) is 6.33. The Bertz CT molecular complexity index is 1110. The number of nitrogens with zero attached hydrogens (tertiary/aromatic N) is 1. The van der Waals surface area contributed by atoms with E-state index in [1.165, 1.54) is 38.1 Å². The Balaban J connectivity index is 1.84. The summed E-state index contributed by atoms with van der Waals surface area (Å²) in [4.78, 5) is 28.2. The van der Waals surface area contributed by atoms with E-state index in [0.29, 0.717) is 40.4 Å². The maximum Gasteiger partial charge on any atom is 0.404 e. The van der Waals surface area contributed by atoms with Crippen molar-refractivity contribution in [3.05, 3.63) is 34.7 Å². The predicted molar refractivity (Wildman–Crippen MR) is 138 cm³/mol. The molecule has 1 fully saturated rings. The third-order valence-electron chi connectivity index (χ3n) is 6.08. The van der Waals surface area contributed by atoms with Gasteiger partial charge in [-0.25, -0.2) is 0 Å². The summed E-state index contributed by atoms with van der Waals surface area (Å²) in [6.07, 6.45) is 3.23. The summed E-state index contributed by atoms with van der Waals surface area (Å²) in [7, 11) is -4.74. The molecule has 0 radical (unpaired) electrons. The standard InChI is InChI=1S/C25H35F2N2O5PS/c1-5-33-35(32,34-6-2)25(26,27)19-10-12-21-18(15-19)16-22(36-21)23(30)28-20(11-9-17(3)4)24(31)29-13-7-8-14-29/h10,12,15-17,20H,5-9,11,13-14H2,1-4H3,(H,28,30)/t20-/m0/s1. The number of halogens is 2. The van der Waals surface area contributed by atoms with E-state index in [0.717, 1.165) is 30.6 Å². The normalized spacial score (nSPS) is 15.6. The molecule has 2 amide bonds. The fourth-order valence-electron chi connectivity index (χ4n) is 4.18. The second-order valence-electron chi connectivity index (χ2n) is 9.27. The first kappa shape index (κ1) is 28.7. The lowest BCUT2D eigenvalue weighted by molar-refractivity contribution is -0.132. The summed E-state index contributed by atoms with van der Waals surface area (Å²) in [5.74, 6) is -0.114. The number of hydrogen-bond acceptors (Lipinski definition) is 6. The molecule has 1 aromatic heterocycles. The van der Waals surface area contributed by atoms with Crippen molar-refractivity contribution in [2.45, 2.75) is 65.1 Å². The maximum atomic E-state index is 15.2. The SMILES string of the molecule is CCOP(=O)(OCC)C(F)(F)c1ccc2sc(C(=O)N[C@@H](CCC(C)C)C(=O)N3CCCC3)cc2c1. The van der Waals surface area contributed by atoms with Crippen molar-refractivity contribution in [2.24, 2.45) is 5.92 Å². The highest BCUT2D eigenvalue weighted by atomic mass is 32.1. The summed E-state index contributed by atoms with van der Waals surface area (Å²) in [5, 5.41) is 3.29. The molecule has 1 aliphatic rings. The average Bonchev–Trinajstić information content (AvgIpc) is 3.51. The quantitative estimate of drug-likeness (QED) is 0.314. The van der Waals surface area contributed by atoms with Gasteiger partial charge in [-0.2, -0.15) is 8.78 Å². The number of benzene rings is 1. The minimum Gasteiger partial charge on any atom is -0.341 e. The number of carbonyl (C=O) groups excluding carboxylic acids is 2. The molecule has 1 aromatic carbocycles. The van der Waals surface area contributed by atoms with E-state index in [1.807, 2.05) is 0 Å². The topological polar surface area (TPSA) is 84.9 Å². The monoisotopic (exact) mass is 544 g/mol. The lowest BCUT2D eigenvalue weighted by Crippen LogP contribution is -2.47. The van der Waals surface area contributed by atoms with Gasteiger partial charge in [-0.15, -0.1) is 11.3 Å². The van der Waals surface area contributed by atoms with E-state index in [1.54, 1.807) is 4.90 Å². The zero-order valence-electron chi connectivity index (χ0n) is 21.2. The first-order chi connectivity index (χ1) is 17.0. The van der Waals surface area contributed by atoms with Gasteiger partial charge in [-0.3, -0.25) is 14.2 Å². The molecule has 0 bridgehead atoms. The zero-order valence-corrected chi connectivity index (χ0v) is 22.9. The number of thiophene rings is 1. The Morgan fingerprint density at radius 3 is 2.33 bits per heavy atom. The first-order valence-electron chi connectivity index (χ1n) is 12.4. The number of amides is 2. The van der Waals surface area contributed by atoms with Gasteiger partial charge in [0, 0.05) is 23.4 Å². The van der Waals surface area contributed by atoms with Crippen LogP contribution in [0.25, 0.3) is 10.1 Å². The summed E-state index contributed by atoms with van der Waals surface area (Å²) in [5.41, 5.74) is -4.37. The lowest BCUT2D eigenvalue weighted by Gasteiger charge is -2.26. The summed E-state index contributed by atoms with van der Waals surface area (Å²) >= 11 is 1.15. The number of fused-ring (bicyclic) bond motifs is 1. The van der Waals surface area contributed by atoms with Crippen molar-refractivity contribution in [2.75, 3.05) is 26.3 Å². The molecule has 7 nitrogen and oxygen atoms in total. The van der Waals surface area contributed by atoms with Gasteiger partial charge in [-0.05, 0) is 69.0 Å². The molecule has 2 aromatic rings. The highest BCUT2D eigenvalue weighted by Crippen LogP contribution is 2.66. The molecule has 1 saturated heterocycles. The fraction of sp³-hybridized carbons (Fsp3) is 0.600. The van der Waals surface area contributed by atoms with Crippen molar-refractivity contribution in [1.82, 2.24) is 10.2 Å².